The molecule has 2 atom stereocenters. The Morgan fingerprint density at radius 2 is 1.12 bits per heavy atom. The Morgan fingerprint density at radius 1 is 0.720 bits per heavy atom. The summed E-state index contributed by atoms with van der Waals surface area (Å²) in [5, 5.41) is 0. The van der Waals surface area contributed by atoms with E-state index in [0.29, 0.717) is 12.8 Å². The summed E-state index contributed by atoms with van der Waals surface area (Å²) in [5.41, 5.74) is 0. The van der Waals surface area contributed by atoms with E-state index in [1.54, 1.807) is 6.92 Å². The van der Waals surface area contributed by atoms with Gasteiger partial charge in [0, 0.05) is 12.8 Å². The van der Waals surface area contributed by atoms with Crippen molar-refractivity contribution in [1.82, 2.24) is 0 Å². The number of rotatable bonds is 18. The highest BCUT2D eigenvalue weighted by Crippen LogP contribution is 2.52. The summed E-state index contributed by atoms with van der Waals surface area (Å²) in [6, 6.07) is 0. The molecule has 7 heteroatoms. The summed E-state index contributed by atoms with van der Waals surface area (Å²) in [4.78, 5) is 0. The highest BCUT2D eigenvalue weighted by molar-refractivity contribution is 7.48. The van der Waals surface area contributed by atoms with E-state index in [9.17, 15) is 13.3 Å². The van der Waals surface area contributed by atoms with Crippen molar-refractivity contribution in [2.75, 3.05) is 6.61 Å². The second kappa shape index (κ2) is 16.2. The van der Waals surface area contributed by atoms with Crippen molar-refractivity contribution in [2.45, 2.75) is 111 Å². The van der Waals surface area contributed by atoms with Gasteiger partial charge in [0.05, 0.1) is 6.61 Å². The second-order valence-electron chi connectivity index (χ2n) is 6.30. The first-order valence-corrected chi connectivity index (χ1v) is 11.3. The average molecular weight is 386 g/mol. The summed E-state index contributed by atoms with van der Waals surface area (Å²) in [6.07, 6.45) is 6.23. The van der Waals surface area contributed by atoms with E-state index in [1.807, 2.05) is 0 Å². The van der Waals surface area contributed by atoms with Crippen molar-refractivity contribution in [1.29, 1.82) is 0 Å². The molecule has 0 aromatic heterocycles. The van der Waals surface area contributed by atoms with Crippen molar-refractivity contribution in [3.05, 3.63) is 0 Å². The van der Waals surface area contributed by atoms with Crippen molar-refractivity contribution >= 4 is 7.82 Å². The Bertz CT molecular complexity index is 319. The van der Waals surface area contributed by atoms with E-state index in [1.165, 1.54) is 0 Å². The minimum absolute atomic E-state index is 0.00369. The molecule has 0 radical (unpaired) electrons. The molecule has 0 heterocycles. The normalized spacial score (nSPS) is 16.5. The topological polar surface area (TPSA) is 44.8 Å². The predicted octanol–water partition coefficient (Wildman–Crippen LogP) is 7.48. The van der Waals surface area contributed by atoms with Crippen LogP contribution in [0.3, 0.4) is 0 Å². The molecule has 0 aliphatic rings. The van der Waals surface area contributed by atoms with Crippen molar-refractivity contribution < 1.29 is 26.9 Å². The zero-order chi connectivity index (χ0) is 19.0. The maximum absolute atomic E-state index is 13.9. The Morgan fingerprint density at radius 3 is 1.48 bits per heavy atom. The number of alkyl halides is 2. The number of unbranched alkanes of at least 4 members (excludes halogenated alkanes) is 8. The van der Waals surface area contributed by atoms with Gasteiger partial charge in [-0.1, -0.05) is 65.2 Å². The van der Waals surface area contributed by atoms with Gasteiger partial charge in [-0.15, -0.1) is 0 Å². The van der Waals surface area contributed by atoms with Crippen LogP contribution in [0.15, 0.2) is 0 Å². The van der Waals surface area contributed by atoms with Crippen LogP contribution < -0.4 is 0 Å². The summed E-state index contributed by atoms with van der Waals surface area (Å²) < 4.78 is 54.7. The third kappa shape index (κ3) is 14.8. The van der Waals surface area contributed by atoms with Gasteiger partial charge in [0.15, 0.2) is 0 Å². The van der Waals surface area contributed by atoms with Gasteiger partial charge in [0.2, 0.25) is 12.7 Å². The molecule has 152 valence electrons. The van der Waals surface area contributed by atoms with Crippen LogP contribution in [0.1, 0.15) is 97.8 Å². The van der Waals surface area contributed by atoms with Crippen molar-refractivity contribution in [2.24, 2.45) is 0 Å². The lowest BCUT2D eigenvalue weighted by atomic mass is 10.1. The van der Waals surface area contributed by atoms with Crippen molar-refractivity contribution in [3.8, 4) is 0 Å². The molecule has 0 rings (SSSR count). The molecule has 0 aliphatic heterocycles. The van der Waals surface area contributed by atoms with Crippen LogP contribution in [-0.2, 0) is 18.1 Å². The first kappa shape index (κ1) is 25.0. The molecule has 0 bridgehead atoms. The Kier molecular flexibility index (Phi) is 16.1. The predicted molar refractivity (Wildman–Crippen MR) is 97.9 cm³/mol. The lowest BCUT2D eigenvalue weighted by Crippen LogP contribution is -2.13. The molecule has 0 aromatic rings. The van der Waals surface area contributed by atoms with Gasteiger partial charge in [0.25, 0.3) is 0 Å². The second-order valence-corrected chi connectivity index (χ2v) is 7.88. The Balaban J connectivity index is 4.16. The summed E-state index contributed by atoms with van der Waals surface area (Å²) >= 11 is 0. The van der Waals surface area contributed by atoms with Crippen LogP contribution in [0, 0.1) is 0 Å². The molecule has 0 aromatic carbocycles. The van der Waals surface area contributed by atoms with Crippen LogP contribution in [-0.4, -0.2) is 19.3 Å². The highest BCUT2D eigenvalue weighted by Gasteiger charge is 2.33. The zero-order valence-corrected chi connectivity index (χ0v) is 17.1. The molecule has 0 fully saturated rings. The summed E-state index contributed by atoms with van der Waals surface area (Å²) in [7, 11) is -4.20. The molecule has 0 spiro atoms. The fourth-order valence-electron chi connectivity index (χ4n) is 2.45. The molecular formula is C18H37F2O4P. The van der Waals surface area contributed by atoms with Gasteiger partial charge in [-0.2, -0.15) is 0 Å². The molecule has 4 nitrogen and oxygen atoms in total. The van der Waals surface area contributed by atoms with Crippen LogP contribution in [0.25, 0.3) is 0 Å². The molecule has 0 amide bonds. The van der Waals surface area contributed by atoms with E-state index < -0.39 is 20.5 Å². The first-order chi connectivity index (χ1) is 12.0. The van der Waals surface area contributed by atoms with Crippen LogP contribution in [0.5, 0.6) is 0 Å². The smallest absolute Gasteiger partial charge is 0.287 e. The number of hydrogen-bond donors (Lipinski definition) is 0. The van der Waals surface area contributed by atoms with Gasteiger partial charge in [-0.05, 0) is 19.8 Å². The number of phosphoric acid groups is 1. The Hall–Kier alpha value is -0.0300. The summed E-state index contributed by atoms with van der Waals surface area (Å²) in [5.74, 6) is 0. The molecule has 25 heavy (non-hydrogen) atoms. The maximum Gasteiger partial charge on any atom is 0.479 e. The zero-order valence-electron chi connectivity index (χ0n) is 16.2. The molecule has 0 aliphatic carbocycles. The van der Waals surface area contributed by atoms with Gasteiger partial charge in [0.1, 0.15) is 0 Å². The fraction of sp³-hybridized carbons (Fsp3) is 1.00. The largest absolute Gasteiger partial charge is 0.479 e. The monoisotopic (exact) mass is 386 g/mol. The van der Waals surface area contributed by atoms with E-state index in [4.69, 9.17) is 13.6 Å². The Labute approximate surface area is 152 Å². The highest BCUT2D eigenvalue weighted by atomic mass is 31.2. The SMILES string of the molecule is CCCCCCCC(F)OP(=O)(OCC)OC(F)CCCCCCC. The minimum atomic E-state index is -4.20. The molecule has 0 saturated heterocycles. The van der Waals surface area contributed by atoms with E-state index in [-0.39, 0.29) is 19.4 Å². The third-order valence-corrected chi connectivity index (χ3v) is 5.39. The van der Waals surface area contributed by atoms with Crippen molar-refractivity contribution in [3.63, 3.8) is 0 Å². The number of hydrogen-bond acceptors (Lipinski definition) is 4. The van der Waals surface area contributed by atoms with E-state index >= 15 is 0 Å². The van der Waals surface area contributed by atoms with Crippen LogP contribution in [0.4, 0.5) is 8.78 Å². The average Bonchev–Trinajstić information content (AvgIpc) is 2.54. The van der Waals surface area contributed by atoms with Gasteiger partial charge < -0.3 is 0 Å². The van der Waals surface area contributed by atoms with E-state index in [0.717, 1.165) is 51.4 Å². The van der Waals surface area contributed by atoms with E-state index in [2.05, 4.69) is 13.8 Å². The lowest BCUT2D eigenvalue weighted by Gasteiger charge is -2.21. The lowest BCUT2D eigenvalue weighted by molar-refractivity contribution is -0.0351. The van der Waals surface area contributed by atoms with Gasteiger partial charge in [-0.3, -0.25) is 13.6 Å². The number of halogens is 2. The summed E-state index contributed by atoms with van der Waals surface area (Å²) in [6.45, 7) is 5.79. The van der Waals surface area contributed by atoms with Gasteiger partial charge in [-0.25, -0.2) is 13.3 Å². The number of phosphoric ester groups is 1. The first-order valence-electron chi connectivity index (χ1n) is 9.86. The van der Waals surface area contributed by atoms with Crippen LogP contribution in [0.2, 0.25) is 0 Å². The van der Waals surface area contributed by atoms with Gasteiger partial charge >= 0.3 is 7.82 Å². The molecule has 2 unspecified atom stereocenters. The standard InChI is InChI=1S/C18H37F2O4P/c1-4-7-9-11-13-15-17(19)23-25(21,22-6-3)24-18(20)16-14-12-10-8-5-2/h17-18H,4-16H2,1-3H3. The quantitative estimate of drug-likeness (QED) is 0.181. The van der Waals surface area contributed by atoms with Crippen LogP contribution >= 0.6 is 7.82 Å². The fourth-order valence-corrected chi connectivity index (χ4v) is 3.70. The molecule has 0 saturated carbocycles. The molecule has 0 N–H and O–H groups in total. The maximum atomic E-state index is 13.9. The minimum Gasteiger partial charge on any atom is -0.287 e. The molecular weight excluding hydrogens is 349 g/mol. The third-order valence-electron chi connectivity index (χ3n) is 3.84.